The number of thiophene rings is 1. The Morgan fingerprint density at radius 2 is 2.20 bits per heavy atom. The molecule has 1 aliphatic heterocycles. The van der Waals surface area contributed by atoms with E-state index >= 15 is 0 Å². The first-order valence-electron chi connectivity index (χ1n) is 7.03. The molecule has 0 spiro atoms. The average molecular weight is 292 g/mol. The fourth-order valence-corrected chi connectivity index (χ4v) is 3.58. The SMILES string of the molecule is CC(O)C1CCN(Cc2nc(N)c3ccsc3n2)CC1. The Labute approximate surface area is 122 Å². The number of hydrogen-bond acceptors (Lipinski definition) is 6. The largest absolute Gasteiger partial charge is 0.393 e. The van der Waals surface area contributed by atoms with Gasteiger partial charge >= 0.3 is 0 Å². The molecule has 5 nitrogen and oxygen atoms in total. The van der Waals surface area contributed by atoms with Crippen LogP contribution in [0, 0.1) is 5.92 Å². The van der Waals surface area contributed by atoms with Crippen molar-refractivity contribution in [2.24, 2.45) is 5.92 Å². The van der Waals surface area contributed by atoms with E-state index in [1.807, 2.05) is 18.4 Å². The Hall–Kier alpha value is -1.24. The molecule has 1 aliphatic rings. The number of aliphatic hydroxyl groups excluding tert-OH is 1. The number of nitrogen functional groups attached to an aromatic ring is 1. The van der Waals surface area contributed by atoms with Crippen LogP contribution >= 0.6 is 11.3 Å². The van der Waals surface area contributed by atoms with E-state index in [0.717, 1.165) is 48.5 Å². The van der Waals surface area contributed by atoms with Crippen LogP contribution in [0.5, 0.6) is 0 Å². The molecule has 3 rings (SSSR count). The Kier molecular flexibility index (Phi) is 3.87. The lowest BCUT2D eigenvalue weighted by molar-refractivity contribution is 0.0688. The molecule has 1 unspecified atom stereocenters. The van der Waals surface area contributed by atoms with Crippen LogP contribution in [0.25, 0.3) is 10.2 Å². The molecule has 1 saturated heterocycles. The van der Waals surface area contributed by atoms with Gasteiger partial charge in [-0.05, 0) is 50.2 Å². The number of nitrogens with two attached hydrogens (primary N) is 1. The van der Waals surface area contributed by atoms with Crippen LogP contribution in [-0.2, 0) is 6.54 Å². The maximum absolute atomic E-state index is 9.63. The molecule has 0 bridgehead atoms. The fraction of sp³-hybridized carbons (Fsp3) is 0.571. The second-order valence-electron chi connectivity index (χ2n) is 5.52. The van der Waals surface area contributed by atoms with Gasteiger partial charge in [-0.25, -0.2) is 9.97 Å². The number of rotatable bonds is 3. The maximum atomic E-state index is 9.63. The highest BCUT2D eigenvalue weighted by Crippen LogP contribution is 2.25. The number of piperidine rings is 1. The van der Waals surface area contributed by atoms with Gasteiger partial charge in [-0.15, -0.1) is 11.3 Å². The quantitative estimate of drug-likeness (QED) is 0.903. The van der Waals surface area contributed by atoms with Gasteiger partial charge in [0.05, 0.1) is 18.0 Å². The summed E-state index contributed by atoms with van der Waals surface area (Å²) in [7, 11) is 0. The second kappa shape index (κ2) is 5.63. The van der Waals surface area contributed by atoms with Crippen molar-refractivity contribution in [2.75, 3.05) is 18.8 Å². The van der Waals surface area contributed by atoms with Crippen molar-refractivity contribution in [3.63, 3.8) is 0 Å². The smallest absolute Gasteiger partial charge is 0.146 e. The van der Waals surface area contributed by atoms with Crippen molar-refractivity contribution in [1.29, 1.82) is 0 Å². The Morgan fingerprint density at radius 3 is 2.90 bits per heavy atom. The highest BCUT2D eigenvalue weighted by molar-refractivity contribution is 7.16. The molecular formula is C14H20N4OS. The fourth-order valence-electron chi connectivity index (χ4n) is 2.79. The van der Waals surface area contributed by atoms with Gasteiger partial charge in [0, 0.05) is 0 Å². The van der Waals surface area contributed by atoms with E-state index in [0.29, 0.717) is 11.7 Å². The number of fused-ring (bicyclic) bond motifs is 1. The summed E-state index contributed by atoms with van der Waals surface area (Å²) >= 11 is 1.60. The van der Waals surface area contributed by atoms with Crippen molar-refractivity contribution >= 4 is 27.4 Å². The standard InChI is InChI=1S/C14H20N4OS/c1-9(19)10-2-5-18(6-3-10)8-12-16-13(15)11-4-7-20-14(11)17-12/h4,7,9-10,19H,2-3,5-6,8H2,1H3,(H2,15,16,17). The molecule has 0 aliphatic carbocycles. The summed E-state index contributed by atoms with van der Waals surface area (Å²) in [6, 6.07) is 1.97. The van der Waals surface area contributed by atoms with E-state index in [4.69, 9.17) is 5.73 Å². The van der Waals surface area contributed by atoms with E-state index in [1.165, 1.54) is 0 Å². The minimum atomic E-state index is -0.202. The average Bonchev–Trinajstić information content (AvgIpc) is 2.88. The minimum Gasteiger partial charge on any atom is -0.393 e. The molecule has 0 aromatic carbocycles. The topological polar surface area (TPSA) is 75.3 Å². The molecular weight excluding hydrogens is 272 g/mol. The van der Waals surface area contributed by atoms with Gasteiger partial charge in [0.1, 0.15) is 16.5 Å². The third-order valence-electron chi connectivity index (χ3n) is 4.08. The van der Waals surface area contributed by atoms with Crippen LogP contribution in [0.4, 0.5) is 5.82 Å². The van der Waals surface area contributed by atoms with E-state index < -0.39 is 0 Å². The predicted octanol–water partition coefficient (Wildman–Crippen LogP) is 1.87. The van der Waals surface area contributed by atoms with Gasteiger partial charge in [0.2, 0.25) is 0 Å². The van der Waals surface area contributed by atoms with Gasteiger partial charge in [-0.1, -0.05) is 0 Å². The zero-order chi connectivity index (χ0) is 14.1. The summed E-state index contributed by atoms with van der Waals surface area (Å²) in [5, 5.41) is 12.6. The molecule has 108 valence electrons. The first kappa shape index (κ1) is 13.7. The third-order valence-corrected chi connectivity index (χ3v) is 4.89. The van der Waals surface area contributed by atoms with Crippen molar-refractivity contribution < 1.29 is 5.11 Å². The van der Waals surface area contributed by atoms with E-state index in [-0.39, 0.29) is 6.10 Å². The maximum Gasteiger partial charge on any atom is 0.146 e. The molecule has 1 atom stereocenters. The highest BCUT2D eigenvalue weighted by Gasteiger charge is 2.23. The monoisotopic (exact) mass is 292 g/mol. The summed E-state index contributed by atoms with van der Waals surface area (Å²) in [4.78, 5) is 12.3. The van der Waals surface area contributed by atoms with Crippen LogP contribution < -0.4 is 5.73 Å². The first-order valence-corrected chi connectivity index (χ1v) is 7.91. The molecule has 2 aromatic heterocycles. The first-order chi connectivity index (χ1) is 9.63. The zero-order valence-corrected chi connectivity index (χ0v) is 12.4. The summed E-state index contributed by atoms with van der Waals surface area (Å²) in [6.07, 6.45) is 1.87. The van der Waals surface area contributed by atoms with Crippen LogP contribution in [0.3, 0.4) is 0 Å². The summed E-state index contributed by atoms with van der Waals surface area (Å²) in [5.74, 6) is 1.80. The van der Waals surface area contributed by atoms with Crippen molar-refractivity contribution in [3.05, 3.63) is 17.3 Å². The van der Waals surface area contributed by atoms with E-state index in [1.54, 1.807) is 11.3 Å². The molecule has 3 heterocycles. The summed E-state index contributed by atoms with van der Waals surface area (Å²) < 4.78 is 0. The van der Waals surface area contributed by atoms with Gasteiger partial charge in [0.25, 0.3) is 0 Å². The Morgan fingerprint density at radius 1 is 1.45 bits per heavy atom. The molecule has 0 radical (unpaired) electrons. The number of anilines is 1. The summed E-state index contributed by atoms with van der Waals surface area (Å²) in [5.41, 5.74) is 5.97. The van der Waals surface area contributed by atoms with Crippen LogP contribution in [-0.4, -0.2) is 39.2 Å². The molecule has 0 saturated carbocycles. The lowest BCUT2D eigenvalue weighted by Gasteiger charge is -2.32. The molecule has 1 fully saturated rings. The molecule has 2 aromatic rings. The van der Waals surface area contributed by atoms with Crippen LogP contribution in [0.2, 0.25) is 0 Å². The van der Waals surface area contributed by atoms with Crippen LogP contribution in [0.15, 0.2) is 11.4 Å². The number of aromatic nitrogens is 2. The van der Waals surface area contributed by atoms with Crippen molar-refractivity contribution in [2.45, 2.75) is 32.4 Å². The third kappa shape index (κ3) is 2.77. The molecule has 20 heavy (non-hydrogen) atoms. The van der Waals surface area contributed by atoms with E-state index in [2.05, 4.69) is 14.9 Å². The van der Waals surface area contributed by atoms with Crippen LogP contribution in [0.1, 0.15) is 25.6 Å². The highest BCUT2D eigenvalue weighted by atomic mass is 32.1. The molecule has 3 N–H and O–H groups in total. The Balaban J connectivity index is 1.68. The van der Waals surface area contributed by atoms with Crippen molar-refractivity contribution in [1.82, 2.24) is 14.9 Å². The van der Waals surface area contributed by atoms with E-state index in [9.17, 15) is 5.11 Å². The second-order valence-corrected chi connectivity index (χ2v) is 6.41. The normalized spacial score (nSPS) is 19.5. The number of likely N-dealkylation sites (tertiary alicyclic amines) is 1. The molecule has 0 amide bonds. The van der Waals surface area contributed by atoms with Gasteiger partial charge in [0.15, 0.2) is 0 Å². The minimum absolute atomic E-state index is 0.202. The lowest BCUT2D eigenvalue weighted by atomic mass is 9.92. The lowest BCUT2D eigenvalue weighted by Crippen LogP contribution is -2.37. The van der Waals surface area contributed by atoms with Gasteiger partial charge in [-0.2, -0.15) is 0 Å². The number of nitrogens with zero attached hydrogens (tertiary/aromatic N) is 3. The molecule has 6 heteroatoms. The van der Waals surface area contributed by atoms with Gasteiger partial charge < -0.3 is 10.8 Å². The number of aliphatic hydroxyl groups is 1. The van der Waals surface area contributed by atoms with Crippen molar-refractivity contribution in [3.8, 4) is 0 Å². The predicted molar refractivity (Wildman–Crippen MR) is 81.5 cm³/mol. The summed E-state index contributed by atoms with van der Waals surface area (Å²) in [6.45, 7) is 4.60. The van der Waals surface area contributed by atoms with Gasteiger partial charge in [-0.3, -0.25) is 4.90 Å². The number of hydrogen-bond donors (Lipinski definition) is 2. The Bertz CT molecular complexity index is 590. The zero-order valence-electron chi connectivity index (χ0n) is 11.6.